The van der Waals surface area contributed by atoms with Crippen molar-refractivity contribution in [3.8, 4) is 0 Å². The van der Waals surface area contributed by atoms with E-state index in [9.17, 15) is 9.90 Å². The first kappa shape index (κ1) is 16.4. The zero-order valence-corrected chi connectivity index (χ0v) is 11.9. The van der Waals surface area contributed by atoms with Gasteiger partial charge < -0.3 is 19.9 Å². The Morgan fingerprint density at radius 3 is 3.05 bits per heavy atom. The van der Waals surface area contributed by atoms with Gasteiger partial charge in [-0.25, -0.2) is 0 Å². The van der Waals surface area contributed by atoms with Crippen molar-refractivity contribution < 1.29 is 19.4 Å². The molecule has 0 aromatic rings. The van der Waals surface area contributed by atoms with E-state index in [1.165, 1.54) is 0 Å². The van der Waals surface area contributed by atoms with Crippen molar-refractivity contribution in [1.29, 1.82) is 0 Å². The van der Waals surface area contributed by atoms with Crippen LogP contribution in [0.4, 0.5) is 0 Å². The molecule has 0 aliphatic carbocycles. The molecule has 1 saturated heterocycles. The Morgan fingerprint density at radius 2 is 2.37 bits per heavy atom. The number of hydrogen-bond donors (Lipinski definition) is 2. The van der Waals surface area contributed by atoms with E-state index in [0.717, 1.165) is 26.2 Å². The zero-order chi connectivity index (χ0) is 14.1. The Labute approximate surface area is 115 Å². The van der Waals surface area contributed by atoms with Gasteiger partial charge >= 0.3 is 5.97 Å². The number of morpholine rings is 1. The third kappa shape index (κ3) is 6.87. The lowest BCUT2D eigenvalue weighted by Gasteiger charge is -2.32. The van der Waals surface area contributed by atoms with E-state index in [2.05, 4.69) is 17.1 Å². The van der Waals surface area contributed by atoms with Crippen molar-refractivity contribution in [2.24, 2.45) is 0 Å². The van der Waals surface area contributed by atoms with Crippen LogP contribution in [0.1, 0.15) is 20.3 Å². The number of carbonyl (C=O) groups is 1. The van der Waals surface area contributed by atoms with Gasteiger partial charge in [0.15, 0.2) is 0 Å². The topological polar surface area (TPSA) is 71.0 Å². The standard InChI is InChI=1S/C13H26N2O4/c1-3-15-5-6-19-12(10-15)9-14-8-11(16)7-13(17)18-4-2/h11-12,14,16H,3-10H2,1-2H3. The maximum absolute atomic E-state index is 11.2. The highest BCUT2D eigenvalue weighted by Crippen LogP contribution is 2.03. The van der Waals surface area contributed by atoms with E-state index in [4.69, 9.17) is 9.47 Å². The molecule has 112 valence electrons. The maximum atomic E-state index is 11.2. The largest absolute Gasteiger partial charge is 0.466 e. The summed E-state index contributed by atoms with van der Waals surface area (Å²) in [5.74, 6) is -0.358. The number of esters is 1. The van der Waals surface area contributed by atoms with E-state index in [0.29, 0.717) is 19.7 Å². The molecule has 0 bridgehead atoms. The average Bonchev–Trinajstić information content (AvgIpc) is 2.39. The van der Waals surface area contributed by atoms with Crippen molar-refractivity contribution in [3.63, 3.8) is 0 Å². The molecular formula is C13H26N2O4. The summed E-state index contributed by atoms with van der Waals surface area (Å²) in [6.07, 6.45) is -0.513. The number of rotatable bonds is 8. The van der Waals surface area contributed by atoms with Crippen LogP contribution in [0.2, 0.25) is 0 Å². The molecule has 6 nitrogen and oxygen atoms in total. The molecule has 0 saturated carbocycles. The van der Waals surface area contributed by atoms with E-state index < -0.39 is 6.10 Å². The third-order valence-electron chi connectivity index (χ3n) is 3.13. The van der Waals surface area contributed by atoms with Crippen LogP contribution >= 0.6 is 0 Å². The average molecular weight is 274 g/mol. The molecule has 0 spiro atoms. The first-order valence-electron chi connectivity index (χ1n) is 7.04. The lowest BCUT2D eigenvalue weighted by atomic mass is 10.2. The summed E-state index contributed by atoms with van der Waals surface area (Å²) in [5, 5.41) is 12.8. The van der Waals surface area contributed by atoms with Gasteiger partial charge in [-0.1, -0.05) is 6.92 Å². The first-order valence-corrected chi connectivity index (χ1v) is 7.04. The third-order valence-corrected chi connectivity index (χ3v) is 3.13. The number of nitrogens with one attached hydrogen (secondary N) is 1. The molecule has 1 rings (SSSR count). The zero-order valence-electron chi connectivity index (χ0n) is 11.9. The van der Waals surface area contributed by atoms with Gasteiger partial charge in [-0.2, -0.15) is 0 Å². The Kier molecular flexibility index (Phi) is 7.97. The highest BCUT2D eigenvalue weighted by atomic mass is 16.5. The van der Waals surface area contributed by atoms with Crippen LogP contribution in [-0.4, -0.2) is 74.1 Å². The summed E-state index contributed by atoms with van der Waals surface area (Å²) >= 11 is 0. The normalized spacial score (nSPS) is 22.2. The van der Waals surface area contributed by atoms with Crippen LogP contribution in [0.25, 0.3) is 0 Å². The lowest BCUT2D eigenvalue weighted by Crippen LogP contribution is -2.47. The minimum absolute atomic E-state index is 0.0352. The van der Waals surface area contributed by atoms with Gasteiger partial charge in [-0.05, 0) is 13.5 Å². The Hall–Kier alpha value is -0.690. The number of ether oxygens (including phenoxy) is 2. The van der Waals surface area contributed by atoms with Crippen molar-refractivity contribution in [2.75, 3.05) is 45.9 Å². The van der Waals surface area contributed by atoms with Gasteiger partial charge in [0.1, 0.15) is 0 Å². The number of aliphatic hydroxyl groups is 1. The van der Waals surface area contributed by atoms with Crippen molar-refractivity contribution in [3.05, 3.63) is 0 Å². The van der Waals surface area contributed by atoms with Crippen LogP contribution in [0.3, 0.4) is 0 Å². The van der Waals surface area contributed by atoms with Gasteiger partial charge in [0.25, 0.3) is 0 Å². The SMILES string of the molecule is CCOC(=O)CC(O)CNCC1CN(CC)CCO1. The van der Waals surface area contributed by atoms with E-state index in [1.54, 1.807) is 6.92 Å². The summed E-state index contributed by atoms with van der Waals surface area (Å²) in [4.78, 5) is 13.5. The summed E-state index contributed by atoms with van der Waals surface area (Å²) < 4.78 is 10.4. The second-order valence-electron chi connectivity index (χ2n) is 4.71. The van der Waals surface area contributed by atoms with Crippen LogP contribution in [0, 0.1) is 0 Å². The van der Waals surface area contributed by atoms with Crippen LogP contribution < -0.4 is 5.32 Å². The van der Waals surface area contributed by atoms with Gasteiger partial charge in [-0.15, -0.1) is 0 Å². The van der Waals surface area contributed by atoms with E-state index in [1.807, 2.05) is 0 Å². The highest BCUT2D eigenvalue weighted by Gasteiger charge is 2.19. The molecule has 0 aromatic carbocycles. The molecule has 2 N–H and O–H groups in total. The van der Waals surface area contributed by atoms with Crippen LogP contribution in [0.5, 0.6) is 0 Å². The maximum Gasteiger partial charge on any atom is 0.308 e. The second-order valence-corrected chi connectivity index (χ2v) is 4.71. The summed E-state index contributed by atoms with van der Waals surface area (Å²) in [6.45, 7) is 9.00. The Bertz CT molecular complexity index is 263. The number of likely N-dealkylation sites (N-methyl/N-ethyl adjacent to an activating group) is 1. The first-order chi connectivity index (χ1) is 9.15. The summed E-state index contributed by atoms with van der Waals surface area (Å²) in [5.41, 5.74) is 0. The predicted octanol–water partition coefficient (Wildman–Crippen LogP) is -0.389. The molecule has 0 amide bonds. The summed E-state index contributed by atoms with van der Waals surface area (Å²) in [6, 6.07) is 0. The van der Waals surface area contributed by atoms with Gasteiger partial charge in [-0.3, -0.25) is 9.69 Å². The number of nitrogens with zero attached hydrogens (tertiary/aromatic N) is 1. The molecule has 2 unspecified atom stereocenters. The van der Waals surface area contributed by atoms with Gasteiger partial charge in [0.2, 0.25) is 0 Å². The molecule has 1 fully saturated rings. The quantitative estimate of drug-likeness (QED) is 0.588. The molecule has 1 heterocycles. The van der Waals surface area contributed by atoms with Crippen LogP contribution in [-0.2, 0) is 14.3 Å². The monoisotopic (exact) mass is 274 g/mol. The smallest absolute Gasteiger partial charge is 0.308 e. The lowest BCUT2D eigenvalue weighted by molar-refractivity contribution is -0.145. The molecule has 1 aliphatic heterocycles. The van der Waals surface area contributed by atoms with Crippen molar-refractivity contribution in [1.82, 2.24) is 10.2 Å². The molecule has 0 aromatic heterocycles. The van der Waals surface area contributed by atoms with E-state index >= 15 is 0 Å². The fraction of sp³-hybridized carbons (Fsp3) is 0.923. The molecule has 1 aliphatic rings. The molecule has 6 heteroatoms. The Morgan fingerprint density at radius 1 is 1.58 bits per heavy atom. The number of hydrogen-bond acceptors (Lipinski definition) is 6. The minimum Gasteiger partial charge on any atom is -0.466 e. The van der Waals surface area contributed by atoms with Gasteiger partial charge in [0.05, 0.1) is 31.8 Å². The number of carbonyl (C=O) groups excluding carboxylic acids is 1. The Balaban J connectivity index is 2.10. The predicted molar refractivity (Wildman–Crippen MR) is 72.0 cm³/mol. The molecule has 19 heavy (non-hydrogen) atoms. The van der Waals surface area contributed by atoms with Crippen molar-refractivity contribution >= 4 is 5.97 Å². The second kappa shape index (κ2) is 9.25. The van der Waals surface area contributed by atoms with E-state index in [-0.39, 0.29) is 18.5 Å². The highest BCUT2D eigenvalue weighted by molar-refractivity contribution is 5.69. The summed E-state index contributed by atoms with van der Waals surface area (Å²) in [7, 11) is 0. The fourth-order valence-electron chi connectivity index (χ4n) is 2.09. The van der Waals surface area contributed by atoms with Crippen LogP contribution in [0.15, 0.2) is 0 Å². The minimum atomic E-state index is -0.704. The number of aliphatic hydroxyl groups excluding tert-OH is 1. The fourth-order valence-corrected chi connectivity index (χ4v) is 2.09. The molecular weight excluding hydrogens is 248 g/mol. The molecule has 2 atom stereocenters. The van der Waals surface area contributed by atoms with Crippen molar-refractivity contribution in [2.45, 2.75) is 32.5 Å². The molecule has 0 radical (unpaired) electrons. The van der Waals surface area contributed by atoms with Gasteiger partial charge in [0, 0.05) is 26.2 Å².